The molecule has 0 aliphatic heterocycles. The van der Waals surface area contributed by atoms with Crippen molar-refractivity contribution in [1.82, 2.24) is 9.97 Å². The third-order valence-electron chi connectivity index (χ3n) is 3.07. The molecule has 0 saturated carbocycles. The highest BCUT2D eigenvalue weighted by Crippen LogP contribution is 2.21. The van der Waals surface area contributed by atoms with Gasteiger partial charge in [-0.1, -0.05) is 20.3 Å². The number of rotatable bonds is 7. The molecule has 0 fully saturated rings. The number of hydrogen-bond donors (Lipinski definition) is 2. The largest absolute Gasteiger partial charge is 0.370 e. The summed E-state index contributed by atoms with van der Waals surface area (Å²) in [4.78, 5) is 8.96. The summed E-state index contributed by atoms with van der Waals surface area (Å²) in [5, 5.41) is 6.84. The van der Waals surface area contributed by atoms with Crippen LogP contribution in [-0.4, -0.2) is 22.6 Å². The molecule has 18 heavy (non-hydrogen) atoms. The van der Waals surface area contributed by atoms with Gasteiger partial charge >= 0.3 is 0 Å². The molecule has 4 nitrogen and oxygen atoms in total. The molecule has 1 aromatic heterocycles. The Bertz CT molecular complexity index is 376. The minimum Gasteiger partial charge on any atom is -0.370 e. The van der Waals surface area contributed by atoms with E-state index in [9.17, 15) is 0 Å². The van der Waals surface area contributed by atoms with E-state index in [1.54, 1.807) is 0 Å². The topological polar surface area (TPSA) is 49.8 Å². The van der Waals surface area contributed by atoms with Crippen LogP contribution in [0.5, 0.6) is 0 Å². The molecule has 0 aromatic carbocycles. The first kappa shape index (κ1) is 14.7. The van der Waals surface area contributed by atoms with Gasteiger partial charge in [-0.2, -0.15) is 0 Å². The number of aryl methyl sites for hydroxylation is 1. The molecule has 0 amide bonds. The zero-order valence-electron chi connectivity index (χ0n) is 12.3. The SMILES string of the molecule is CCCC(CC)Nc1nc(C)nc(NCC)c1C. The fraction of sp³-hybridized carbons (Fsp3) is 0.714. The van der Waals surface area contributed by atoms with Crippen molar-refractivity contribution in [3.05, 3.63) is 11.4 Å². The number of aromatic nitrogens is 2. The highest BCUT2D eigenvalue weighted by molar-refractivity contribution is 5.57. The lowest BCUT2D eigenvalue weighted by molar-refractivity contribution is 0.619. The van der Waals surface area contributed by atoms with Crippen molar-refractivity contribution < 1.29 is 0 Å². The van der Waals surface area contributed by atoms with Crippen LogP contribution >= 0.6 is 0 Å². The number of hydrogen-bond acceptors (Lipinski definition) is 4. The molecule has 0 aliphatic carbocycles. The molecule has 2 N–H and O–H groups in total. The van der Waals surface area contributed by atoms with E-state index in [1.165, 1.54) is 12.8 Å². The molecule has 0 bridgehead atoms. The molecule has 1 heterocycles. The first-order valence-corrected chi connectivity index (χ1v) is 6.97. The van der Waals surface area contributed by atoms with E-state index in [0.29, 0.717) is 6.04 Å². The Morgan fingerprint density at radius 2 is 1.72 bits per heavy atom. The van der Waals surface area contributed by atoms with Crippen LogP contribution in [0, 0.1) is 13.8 Å². The van der Waals surface area contributed by atoms with Gasteiger partial charge in [-0.25, -0.2) is 9.97 Å². The number of anilines is 2. The molecule has 0 radical (unpaired) electrons. The molecule has 4 heteroatoms. The van der Waals surface area contributed by atoms with Crippen molar-refractivity contribution in [2.24, 2.45) is 0 Å². The zero-order valence-corrected chi connectivity index (χ0v) is 12.3. The van der Waals surface area contributed by atoms with Gasteiger partial charge in [-0.15, -0.1) is 0 Å². The van der Waals surface area contributed by atoms with E-state index in [2.05, 4.69) is 48.3 Å². The van der Waals surface area contributed by atoms with Gasteiger partial charge in [-0.3, -0.25) is 0 Å². The predicted octanol–water partition coefficient (Wildman–Crippen LogP) is 3.52. The van der Waals surface area contributed by atoms with Gasteiger partial charge in [0.15, 0.2) is 0 Å². The Kier molecular flexibility index (Phi) is 5.89. The second-order valence-corrected chi connectivity index (χ2v) is 4.66. The zero-order chi connectivity index (χ0) is 13.5. The highest BCUT2D eigenvalue weighted by Gasteiger charge is 2.12. The van der Waals surface area contributed by atoms with Crippen LogP contribution in [-0.2, 0) is 0 Å². The maximum atomic E-state index is 4.52. The van der Waals surface area contributed by atoms with E-state index in [-0.39, 0.29) is 0 Å². The lowest BCUT2D eigenvalue weighted by atomic mass is 10.1. The second-order valence-electron chi connectivity index (χ2n) is 4.66. The maximum Gasteiger partial charge on any atom is 0.134 e. The summed E-state index contributed by atoms with van der Waals surface area (Å²) in [6.07, 6.45) is 3.48. The summed E-state index contributed by atoms with van der Waals surface area (Å²) < 4.78 is 0. The second kappa shape index (κ2) is 7.19. The lowest BCUT2D eigenvalue weighted by Crippen LogP contribution is -2.20. The van der Waals surface area contributed by atoms with Gasteiger partial charge < -0.3 is 10.6 Å². The van der Waals surface area contributed by atoms with E-state index in [1.807, 2.05) is 6.92 Å². The van der Waals surface area contributed by atoms with Crippen LogP contribution in [0.4, 0.5) is 11.6 Å². The quantitative estimate of drug-likeness (QED) is 0.777. The van der Waals surface area contributed by atoms with Gasteiger partial charge in [0.05, 0.1) is 0 Å². The first-order chi connectivity index (χ1) is 8.62. The van der Waals surface area contributed by atoms with Gasteiger partial charge in [0, 0.05) is 18.2 Å². The monoisotopic (exact) mass is 250 g/mol. The Morgan fingerprint density at radius 1 is 1.06 bits per heavy atom. The van der Waals surface area contributed by atoms with Crippen molar-refractivity contribution in [1.29, 1.82) is 0 Å². The summed E-state index contributed by atoms with van der Waals surface area (Å²) in [6.45, 7) is 11.4. The predicted molar refractivity (Wildman–Crippen MR) is 78.3 cm³/mol. The summed E-state index contributed by atoms with van der Waals surface area (Å²) in [6, 6.07) is 0.498. The van der Waals surface area contributed by atoms with Crippen molar-refractivity contribution in [3.63, 3.8) is 0 Å². The average molecular weight is 250 g/mol. The van der Waals surface area contributed by atoms with E-state index in [4.69, 9.17) is 0 Å². The Balaban J connectivity index is 2.93. The average Bonchev–Trinajstić information content (AvgIpc) is 2.34. The standard InChI is InChI=1S/C14H26N4/c1-6-9-12(7-2)18-14-10(4)13(15-8-3)16-11(5)17-14/h12H,6-9H2,1-5H3,(H2,15,16,17,18). The van der Waals surface area contributed by atoms with Gasteiger partial charge in [0.25, 0.3) is 0 Å². The molecule has 1 unspecified atom stereocenters. The van der Waals surface area contributed by atoms with Crippen molar-refractivity contribution in [3.8, 4) is 0 Å². The summed E-state index contributed by atoms with van der Waals surface area (Å²) in [5.74, 6) is 2.73. The minimum atomic E-state index is 0.498. The molecular formula is C14H26N4. The summed E-state index contributed by atoms with van der Waals surface area (Å²) >= 11 is 0. The van der Waals surface area contributed by atoms with Crippen LogP contribution in [0.1, 0.15) is 51.4 Å². The molecule has 1 rings (SSSR count). The number of nitrogens with zero attached hydrogens (tertiary/aromatic N) is 2. The third-order valence-corrected chi connectivity index (χ3v) is 3.07. The molecule has 0 aliphatic rings. The minimum absolute atomic E-state index is 0.498. The molecule has 1 atom stereocenters. The van der Waals surface area contributed by atoms with Crippen molar-refractivity contribution in [2.45, 2.75) is 59.9 Å². The fourth-order valence-corrected chi connectivity index (χ4v) is 2.03. The Hall–Kier alpha value is -1.32. The molecular weight excluding hydrogens is 224 g/mol. The van der Waals surface area contributed by atoms with Crippen molar-refractivity contribution in [2.75, 3.05) is 17.2 Å². The normalized spacial score (nSPS) is 12.3. The van der Waals surface area contributed by atoms with Crippen LogP contribution in [0.15, 0.2) is 0 Å². The molecule has 0 saturated heterocycles. The Morgan fingerprint density at radius 3 is 2.28 bits per heavy atom. The number of nitrogens with one attached hydrogen (secondary N) is 2. The van der Waals surface area contributed by atoms with Crippen LogP contribution in [0.2, 0.25) is 0 Å². The fourth-order valence-electron chi connectivity index (χ4n) is 2.03. The third kappa shape index (κ3) is 3.86. The van der Waals surface area contributed by atoms with Crippen LogP contribution < -0.4 is 10.6 Å². The van der Waals surface area contributed by atoms with E-state index >= 15 is 0 Å². The van der Waals surface area contributed by atoms with E-state index in [0.717, 1.165) is 36.0 Å². The summed E-state index contributed by atoms with van der Waals surface area (Å²) in [7, 11) is 0. The van der Waals surface area contributed by atoms with Crippen LogP contribution in [0.25, 0.3) is 0 Å². The molecule has 1 aromatic rings. The van der Waals surface area contributed by atoms with E-state index < -0.39 is 0 Å². The summed E-state index contributed by atoms with van der Waals surface area (Å²) in [5.41, 5.74) is 1.11. The highest BCUT2D eigenvalue weighted by atomic mass is 15.1. The smallest absolute Gasteiger partial charge is 0.134 e. The van der Waals surface area contributed by atoms with Gasteiger partial charge in [-0.05, 0) is 33.6 Å². The molecule has 0 spiro atoms. The maximum absolute atomic E-state index is 4.52. The molecule has 102 valence electrons. The Labute approximate surface area is 111 Å². The van der Waals surface area contributed by atoms with Gasteiger partial charge in [0.1, 0.15) is 17.5 Å². The van der Waals surface area contributed by atoms with Crippen molar-refractivity contribution >= 4 is 11.6 Å². The van der Waals surface area contributed by atoms with Crippen LogP contribution in [0.3, 0.4) is 0 Å². The first-order valence-electron chi connectivity index (χ1n) is 6.97. The van der Waals surface area contributed by atoms with Gasteiger partial charge in [0.2, 0.25) is 0 Å². The lowest BCUT2D eigenvalue weighted by Gasteiger charge is -2.20.